The zero-order valence-corrected chi connectivity index (χ0v) is 13.7. The van der Waals surface area contributed by atoms with E-state index in [2.05, 4.69) is 22.5 Å². The molecule has 0 aromatic rings. The molecule has 0 spiro atoms. The van der Waals surface area contributed by atoms with Crippen LogP contribution in [-0.4, -0.2) is 59.8 Å². The van der Waals surface area contributed by atoms with Crippen molar-refractivity contribution in [1.82, 2.24) is 15.5 Å². The molecule has 5 nitrogen and oxygen atoms in total. The lowest BCUT2D eigenvalue weighted by Crippen LogP contribution is -2.61. The molecular formula is C16H31N3O2. The SMILES string of the molecule is CC1CCC(O)(CNC(=O)C(C)(C)N2CCNCC2)CC1. The van der Waals surface area contributed by atoms with Crippen molar-refractivity contribution in [3.8, 4) is 0 Å². The van der Waals surface area contributed by atoms with E-state index in [1.165, 1.54) is 0 Å². The van der Waals surface area contributed by atoms with Crippen LogP contribution >= 0.6 is 0 Å². The van der Waals surface area contributed by atoms with Gasteiger partial charge in [-0.05, 0) is 45.4 Å². The van der Waals surface area contributed by atoms with Gasteiger partial charge in [0.2, 0.25) is 5.91 Å². The van der Waals surface area contributed by atoms with Crippen molar-refractivity contribution < 1.29 is 9.90 Å². The molecule has 1 amide bonds. The minimum Gasteiger partial charge on any atom is -0.388 e. The van der Waals surface area contributed by atoms with E-state index in [0.717, 1.165) is 51.9 Å². The van der Waals surface area contributed by atoms with Gasteiger partial charge in [-0.15, -0.1) is 0 Å². The Kier molecular flexibility index (Phi) is 5.28. The first-order valence-corrected chi connectivity index (χ1v) is 8.30. The normalized spacial score (nSPS) is 31.9. The van der Waals surface area contributed by atoms with Crippen molar-refractivity contribution in [2.45, 2.75) is 57.6 Å². The number of carbonyl (C=O) groups excluding carboxylic acids is 1. The highest BCUT2D eigenvalue weighted by atomic mass is 16.3. The molecule has 0 aromatic heterocycles. The minimum absolute atomic E-state index is 0.0245. The molecule has 1 aliphatic heterocycles. The van der Waals surface area contributed by atoms with E-state index < -0.39 is 11.1 Å². The maximum Gasteiger partial charge on any atom is 0.240 e. The molecule has 3 N–H and O–H groups in total. The number of nitrogens with zero attached hydrogens (tertiary/aromatic N) is 1. The Morgan fingerprint density at radius 2 is 1.90 bits per heavy atom. The molecule has 122 valence electrons. The van der Waals surface area contributed by atoms with Crippen LogP contribution in [0.2, 0.25) is 0 Å². The molecule has 5 heteroatoms. The fourth-order valence-electron chi connectivity index (χ4n) is 3.30. The highest BCUT2D eigenvalue weighted by Gasteiger charge is 2.37. The molecule has 1 saturated carbocycles. The van der Waals surface area contributed by atoms with Crippen molar-refractivity contribution in [2.75, 3.05) is 32.7 Å². The van der Waals surface area contributed by atoms with Crippen molar-refractivity contribution in [3.63, 3.8) is 0 Å². The standard InChI is InChI=1S/C16H31N3O2/c1-13-4-6-16(21,7-5-13)12-18-14(20)15(2,3)19-10-8-17-9-11-19/h13,17,21H,4-12H2,1-3H3,(H,18,20). The summed E-state index contributed by atoms with van der Waals surface area (Å²) in [5, 5.41) is 16.9. The minimum atomic E-state index is -0.707. The van der Waals surface area contributed by atoms with Crippen LogP contribution in [0.1, 0.15) is 46.5 Å². The Balaban J connectivity index is 1.85. The summed E-state index contributed by atoms with van der Waals surface area (Å²) in [7, 11) is 0. The molecule has 0 unspecified atom stereocenters. The maximum atomic E-state index is 12.5. The van der Waals surface area contributed by atoms with Gasteiger partial charge in [-0.2, -0.15) is 0 Å². The van der Waals surface area contributed by atoms with Gasteiger partial charge in [-0.3, -0.25) is 9.69 Å². The summed E-state index contributed by atoms with van der Waals surface area (Å²) in [6.07, 6.45) is 3.69. The lowest BCUT2D eigenvalue weighted by molar-refractivity contribution is -0.133. The van der Waals surface area contributed by atoms with Crippen molar-refractivity contribution in [3.05, 3.63) is 0 Å². The first kappa shape index (κ1) is 16.7. The topological polar surface area (TPSA) is 64.6 Å². The maximum absolute atomic E-state index is 12.5. The van der Waals surface area contributed by atoms with Gasteiger partial charge in [0.25, 0.3) is 0 Å². The van der Waals surface area contributed by atoms with Crippen LogP contribution in [0.3, 0.4) is 0 Å². The smallest absolute Gasteiger partial charge is 0.240 e. The zero-order chi connectivity index (χ0) is 15.5. The molecule has 1 aliphatic carbocycles. The van der Waals surface area contributed by atoms with Gasteiger partial charge < -0.3 is 15.7 Å². The van der Waals surface area contributed by atoms with Gasteiger partial charge in [0.05, 0.1) is 11.1 Å². The molecule has 0 atom stereocenters. The Morgan fingerprint density at radius 3 is 2.48 bits per heavy atom. The second-order valence-corrected chi connectivity index (χ2v) is 7.39. The zero-order valence-electron chi connectivity index (χ0n) is 13.7. The third kappa shape index (κ3) is 4.18. The molecule has 1 saturated heterocycles. The van der Waals surface area contributed by atoms with Crippen molar-refractivity contribution in [2.24, 2.45) is 5.92 Å². The number of piperazine rings is 1. The first-order chi connectivity index (χ1) is 9.83. The average molecular weight is 297 g/mol. The summed E-state index contributed by atoms with van der Waals surface area (Å²) in [6, 6.07) is 0. The summed E-state index contributed by atoms with van der Waals surface area (Å²) < 4.78 is 0. The van der Waals surface area contributed by atoms with E-state index in [1.807, 2.05) is 13.8 Å². The molecule has 0 aromatic carbocycles. The third-order valence-electron chi connectivity index (χ3n) is 5.25. The fourth-order valence-corrected chi connectivity index (χ4v) is 3.30. The molecule has 21 heavy (non-hydrogen) atoms. The highest BCUT2D eigenvalue weighted by molar-refractivity contribution is 5.85. The van der Waals surface area contributed by atoms with Crippen LogP contribution in [0.15, 0.2) is 0 Å². The molecule has 2 aliphatic rings. The van der Waals surface area contributed by atoms with Crippen LogP contribution < -0.4 is 10.6 Å². The molecule has 2 fully saturated rings. The lowest BCUT2D eigenvalue weighted by Gasteiger charge is -2.41. The fraction of sp³-hybridized carbons (Fsp3) is 0.938. The van der Waals surface area contributed by atoms with Gasteiger partial charge in [0, 0.05) is 32.7 Å². The largest absolute Gasteiger partial charge is 0.388 e. The van der Waals surface area contributed by atoms with Crippen LogP contribution in [-0.2, 0) is 4.79 Å². The van der Waals surface area contributed by atoms with Crippen LogP contribution in [0, 0.1) is 5.92 Å². The monoisotopic (exact) mass is 297 g/mol. The van der Waals surface area contributed by atoms with Gasteiger partial charge in [-0.1, -0.05) is 6.92 Å². The Hall–Kier alpha value is -0.650. The Labute approximate surface area is 128 Å². The van der Waals surface area contributed by atoms with Crippen LogP contribution in [0.5, 0.6) is 0 Å². The van der Waals surface area contributed by atoms with E-state index in [0.29, 0.717) is 12.5 Å². The number of amides is 1. The van der Waals surface area contributed by atoms with E-state index in [1.54, 1.807) is 0 Å². The van der Waals surface area contributed by atoms with Crippen molar-refractivity contribution in [1.29, 1.82) is 0 Å². The summed E-state index contributed by atoms with van der Waals surface area (Å²) in [4.78, 5) is 14.7. The highest BCUT2D eigenvalue weighted by Crippen LogP contribution is 2.31. The van der Waals surface area contributed by atoms with E-state index in [9.17, 15) is 9.90 Å². The Morgan fingerprint density at radius 1 is 1.33 bits per heavy atom. The predicted molar refractivity (Wildman–Crippen MR) is 84.1 cm³/mol. The van der Waals surface area contributed by atoms with Gasteiger partial charge in [0.1, 0.15) is 0 Å². The van der Waals surface area contributed by atoms with E-state index >= 15 is 0 Å². The molecular weight excluding hydrogens is 266 g/mol. The van der Waals surface area contributed by atoms with Crippen LogP contribution in [0.25, 0.3) is 0 Å². The number of rotatable bonds is 4. The number of carbonyl (C=O) groups is 1. The number of nitrogens with one attached hydrogen (secondary N) is 2. The number of aliphatic hydroxyl groups is 1. The van der Waals surface area contributed by atoms with Crippen LogP contribution in [0.4, 0.5) is 0 Å². The second kappa shape index (κ2) is 6.63. The summed E-state index contributed by atoms with van der Waals surface area (Å²) in [5.41, 5.74) is -1.22. The van der Waals surface area contributed by atoms with E-state index in [4.69, 9.17) is 0 Å². The predicted octanol–water partition coefficient (Wildman–Crippen LogP) is 0.728. The first-order valence-electron chi connectivity index (χ1n) is 8.30. The molecule has 1 heterocycles. The summed E-state index contributed by atoms with van der Waals surface area (Å²) in [6.45, 7) is 10.2. The average Bonchev–Trinajstić information content (AvgIpc) is 2.49. The number of hydrogen-bond acceptors (Lipinski definition) is 4. The molecule has 2 rings (SSSR count). The quantitative estimate of drug-likeness (QED) is 0.716. The number of hydrogen-bond donors (Lipinski definition) is 3. The molecule has 0 bridgehead atoms. The van der Waals surface area contributed by atoms with Gasteiger partial charge in [0.15, 0.2) is 0 Å². The summed E-state index contributed by atoms with van der Waals surface area (Å²) >= 11 is 0. The lowest BCUT2D eigenvalue weighted by atomic mass is 9.79. The van der Waals surface area contributed by atoms with E-state index in [-0.39, 0.29) is 5.91 Å². The second-order valence-electron chi connectivity index (χ2n) is 7.39. The van der Waals surface area contributed by atoms with Gasteiger partial charge >= 0.3 is 0 Å². The van der Waals surface area contributed by atoms with Gasteiger partial charge in [-0.25, -0.2) is 0 Å². The molecule has 0 radical (unpaired) electrons. The van der Waals surface area contributed by atoms with Crippen molar-refractivity contribution >= 4 is 5.91 Å². The third-order valence-corrected chi connectivity index (χ3v) is 5.25. The summed E-state index contributed by atoms with van der Waals surface area (Å²) in [5.74, 6) is 0.717. The Bertz CT molecular complexity index is 357.